The maximum Gasteiger partial charge on any atom is 0.194 e. The Morgan fingerprint density at radius 3 is 2.45 bits per heavy atom. The Kier molecular flexibility index (Phi) is 5.37. The molecule has 0 radical (unpaired) electrons. The average Bonchev–Trinajstić information content (AvgIpc) is 2.48. The molecule has 0 saturated carbocycles. The van der Waals surface area contributed by atoms with Crippen molar-refractivity contribution in [3.8, 4) is 0 Å². The second-order valence-corrected chi connectivity index (χ2v) is 5.37. The predicted molar refractivity (Wildman–Crippen MR) is 84.6 cm³/mol. The summed E-state index contributed by atoms with van der Waals surface area (Å²) < 4.78 is 0. The van der Waals surface area contributed by atoms with Crippen LogP contribution in [0.4, 0.5) is 0 Å². The predicted octanol–water partition coefficient (Wildman–Crippen LogP) is 5.30. The normalized spacial score (nSPS) is 10.5. The van der Waals surface area contributed by atoms with Gasteiger partial charge in [0, 0.05) is 11.1 Å². The van der Waals surface area contributed by atoms with E-state index in [1.165, 1.54) is 24.8 Å². The van der Waals surface area contributed by atoms with Gasteiger partial charge in [0.2, 0.25) is 0 Å². The Hall–Kier alpha value is -1.60. The summed E-state index contributed by atoms with van der Waals surface area (Å²) in [7, 11) is 0. The number of ketones is 1. The van der Waals surface area contributed by atoms with Crippen molar-refractivity contribution in [2.75, 3.05) is 0 Å². The molecule has 0 saturated heterocycles. The fourth-order valence-corrected chi connectivity index (χ4v) is 2.51. The highest BCUT2D eigenvalue weighted by atomic mass is 35.5. The van der Waals surface area contributed by atoms with Crippen LogP contribution in [0.2, 0.25) is 5.02 Å². The van der Waals surface area contributed by atoms with Gasteiger partial charge in [-0.1, -0.05) is 67.8 Å². The monoisotopic (exact) mass is 286 g/mol. The molecule has 0 N–H and O–H groups in total. The molecule has 20 heavy (non-hydrogen) atoms. The van der Waals surface area contributed by atoms with Gasteiger partial charge in [0.25, 0.3) is 0 Å². The lowest BCUT2D eigenvalue weighted by molar-refractivity contribution is 0.103. The number of unbranched alkanes of at least 4 members (excludes halogenated alkanes) is 2. The quantitative estimate of drug-likeness (QED) is 0.520. The molecule has 2 rings (SSSR count). The molecule has 0 aliphatic rings. The smallest absolute Gasteiger partial charge is 0.194 e. The van der Waals surface area contributed by atoms with Crippen LogP contribution in [0, 0.1) is 0 Å². The second kappa shape index (κ2) is 7.25. The molecule has 0 aliphatic heterocycles. The van der Waals surface area contributed by atoms with Gasteiger partial charge in [0.1, 0.15) is 0 Å². The Labute approximate surface area is 125 Å². The SMILES string of the molecule is CCCCCc1ccc(C(=O)c2ccccc2)c(Cl)c1. The first-order chi connectivity index (χ1) is 9.72. The summed E-state index contributed by atoms with van der Waals surface area (Å²) in [6.07, 6.45) is 4.62. The summed E-state index contributed by atoms with van der Waals surface area (Å²) in [5, 5.41) is 0.549. The van der Waals surface area contributed by atoms with Crippen LogP contribution in [0.5, 0.6) is 0 Å². The summed E-state index contributed by atoms with van der Waals surface area (Å²) >= 11 is 6.27. The van der Waals surface area contributed by atoms with Crippen LogP contribution in [0.3, 0.4) is 0 Å². The molecule has 0 spiro atoms. The largest absolute Gasteiger partial charge is 0.289 e. The van der Waals surface area contributed by atoms with Crippen LogP contribution in [0.15, 0.2) is 48.5 Å². The van der Waals surface area contributed by atoms with Crippen LogP contribution in [0.1, 0.15) is 47.7 Å². The first-order valence-corrected chi connectivity index (χ1v) is 7.48. The van der Waals surface area contributed by atoms with E-state index >= 15 is 0 Å². The maximum absolute atomic E-state index is 12.4. The van der Waals surface area contributed by atoms with Gasteiger partial charge in [-0.25, -0.2) is 0 Å². The van der Waals surface area contributed by atoms with Gasteiger partial charge in [-0.2, -0.15) is 0 Å². The third-order valence-corrected chi connectivity index (χ3v) is 3.70. The third kappa shape index (κ3) is 3.71. The molecule has 0 amide bonds. The van der Waals surface area contributed by atoms with E-state index in [1.807, 2.05) is 48.5 Å². The summed E-state index contributed by atoms with van der Waals surface area (Å²) in [5.41, 5.74) is 2.46. The Bertz CT molecular complexity index is 575. The minimum absolute atomic E-state index is 0.0179. The van der Waals surface area contributed by atoms with E-state index in [9.17, 15) is 4.79 Å². The zero-order valence-electron chi connectivity index (χ0n) is 11.7. The van der Waals surface area contributed by atoms with Gasteiger partial charge in [-0.15, -0.1) is 0 Å². The van der Waals surface area contributed by atoms with E-state index in [2.05, 4.69) is 6.92 Å². The first-order valence-electron chi connectivity index (χ1n) is 7.10. The fraction of sp³-hybridized carbons (Fsp3) is 0.278. The van der Waals surface area contributed by atoms with Crippen LogP contribution in [-0.4, -0.2) is 5.78 Å². The molecular weight excluding hydrogens is 268 g/mol. The number of rotatable bonds is 6. The minimum atomic E-state index is -0.0179. The number of halogens is 1. The zero-order chi connectivity index (χ0) is 14.4. The van der Waals surface area contributed by atoms with Crippen molar-refractivity contribution in [2.45, 2.75) is 32.6 Å². The van der Waals surface area contributed by atoms with Gasteiger partial charge in [-0.3, -0.25) is 4.79 Å². The van der Waals surface area contributed by atoms with Crippen molar-refractivity contribution in [3.63, 3.8) is 0 Å². The van der Waals surface area contributed by atoms with Gasteiger partial charge in [0.15, 0.2) is 5.78 Å². The molecule has 0 unspecified atom stereocenters. The van der Waals surface area contributed by atoms with Crippen molar-refractivity contribution < 1.29 is 4.79 Å². The van der Waals surface area contributed by atoms with E-state index in [4.69, 9.17) is 11.6 Å². The molecule has 0 fully saturated rings. The van der Waals surface area contributed by atoms with Gasteiger partial charge in [-0.05, 0) is 30.5 Å². The van der Waals surface area contributed by atoms with Crippen molar-refractivity contribution in [3.05, 3.63) is 70.2 Å². The zero-order valence-corrected chi connectivity index (χ0v) is 12.5. The number of hydrogen-bond acceptors (Lipinski definition) is 1. The number of hydrogen-bond donors (Lipinski definition) is 0. The Morgan fingerprint density at radius 1 is 1.05 bits per heavy atom. The average molecular weight is 287 g/mol. The molecule has 0 bridgehead atoms. The fourth-order valence-electron chi connectivity index (χ4n) is 2.22. The van der Waals surface area contributed by atoms with E-state index < -0.39 is 0 Å². The van der Waals surface area contributed by atoms with Crippen molar-refractivity contribution in [1.82, 2.24) is 0 Å². The lowest BCUT2D eigenvalue weighted by Gasteiger charge is -2.07. The summed E-state index contributed by atoms with van der Waals surface area (Å²) in [5.74, 6) is -0.0179. The molecule has 0 heterocycles. The highest BCUT2D eigenvalue weighted by Gasteiger charge is 2.12. The van der Waals surface area contributed by atoms with E-state index in [-0.39, 0.29) is 5.78 Å². The highest BCUT2D eigenvalue weighted by Crippen LogP contribution is 2.22. The van der Waals surface area contributed by atoms with Gasteiger partial charge < -0.3 is 0 Å². The van der Waals surface area contributed by atoms with Crippen LogP contribution >= 0.6 is 11.6 Å². The van der Waals surface area contributed by atoms with Gasteiger partial charge >= 0.3 is 0 Å². The third-order valence-electron chi connectivity index (χ3n) is 3.38. The first kappa shape index (κ1) is 14.8. The molecule has 2 aromatic carbocycles. The minimum Gasteiger partial charge on any atom is -0.289 e. The number of aryl methyl sites for hydroxylation is 1. The number of carbonyl (C=O) groups is 1. The Morgan fingerprint density at radius 2 is 1.80 bits per heavy atom. The lowest BCUT2D eigenvalue weighted by Crippen LogP contribution is -2.02. The molecule has 104 valence electrons. The van der Waals surface area contributed by atoms with E-state index in [0.29, 0.717) is 16.1 Å². The molecule has 0 aliphatic carbocycles. The number of benzene rings is 2. The molecular formula is C18H19ClO. The van der Waals surface area contributed by atoms with E-state index in [1.54, 1.807) is 0 Å². The maximum atomic E-state index is 12.4. The van der Waals surface area contributed by atoms with Crippen molar-refractivity contribution in [2.24, 2.45) is 0 Å². The molecule has 2 aromatic rings. The topological polar surface area (TPSA) is 17.1 Å². The van der Waals surface area contributed by atoms with Gasteiger partial charge in [0.05, 0.1) is 5.02 Å². The van der Waals surface area contributed by atoms with Crippen molar-refractivity contribution in [1.29, 1.82) is 0 Å². The second-order valence-electron chi connectivity index (χ2n) is 4.97. The van der Waals surface area contributed by atoms with Crippen LogP contribution < -0.4 is 0 Å². The standard InChI is InChI=1S/C18H19ClO/c1-2-3-5-8-14-11-12-16(17(19)13-14)18(20)15-9-6-4-7-10-15/h4,6-7,9-13H,2-3,5,8H2,1H3. The molecule has 1 nitrogen and oxygen atoms in total. The number of carbonyl (C=O) groups excluding carboxylic acids is 1. The van der Waals surface area contributed by atoms with E-state index in [0.717, 1.165) is 6.42 Å². The summed E-state index contributed by atoms with van der Waals surface area (Å²) in [4.78, 5) is 12.4. The lowest BCUT2D eigenvalue weighted by atomic mass is 10.00. The highest BCUT2D eigenvalue weighted by molar-refractivity contribution is 6.35. The molecule has 0 atom stereocenters. The van der Waals surface area contributed by atoms with Crippen LogP contribution in [0.25, 0.3) is 0 Å². The summed E-state index contributed by atoms with van der Waals surface area (Å²) in [6.45, 7) is 2.19. The van der Waals surface area contributed by atoms with Crippen LogP contribution in [-0.2, 0) is 6.42 Å². The molecule has 2 heteroatoms. The molecule has 0 aromatic heterocycles. The summed E-state index contributed by atoms with van der Waals surface area (Å²) in [6, 6.07) is 15.0. The van der Waals surface area contributed by atoms with Crippen molar-refractivity contribution >= 4 is 17.4 Å². The Balaban J connectivity index is 2.15.